The summed E-state index contributed by atoms with van der Waals surface area (Å²) in [6, 6.07) is 11.2. The van der Waals surface area contributed by atoms with Gasteiger partial charge in [0.2, 0.25) is 0 Å². The van der Waals surface area contributed by atoms with Gasteiger partial charge in [0.25, 0.3) is 5.91 Å². The number of benzene rings is 2. The second-order valence-electron chi connectivity index (χ2n) is 8.06. The number of nitrogens with one attached hydrogen (secondary N) is 2. The maximum absolute atomic E-state index is 13.1. The first-order valence-corrected chi connectivity index (χ1v) is 10.8. The molecular weight excluding hydrogens is 396 g/mol. The van der Waals surface area contributed by atoms with Gasteiger partial charge in [-0.15, -0.1) is 0 Å². The Hall–Kier alpha value is -3.06. The first-order valence-electron chi connectivity index (χ1n) is 10.8. The fraction of sp³-hybridized carbons (Fsp3) is 0.417. The Morgan fingerprint density at radius 3 is 2.81 bits per heavy atom. The number of anilines is 1. The van der Waals surface area contributed by atoms with Crippen LogP contribution in [-0.4, -0.2) is 44.7 Å². The summed E-state index contributed by atoms with van der Waals surface area (Å²) in [7, 11) is 1.59. The summed E-state index contributed by atoms with van der Waals surface area (Å²) in [6.07, 6.45) is 1.71. The molecule has 7 nitrogen and oxygen atoms in total. The lowest BCUT2D eigenvalue weighted by Crippen LogP contribution is -3.18. The lowest BCUT2D eigenvalue weighted by atomic mass is 9.97. The Morgan fingerprint density at radius 2 is 2.03 bits per heavy atom. The normalized spacial score (nSPS) is 19.8. The van der Waals surface area contributed by atoms with Crippen LogP contribution in [-0.2, 0) is 14.3 Å². The number of para-hydroxylation sites is 1. The average molecular weight is 426 g/mol. The molecule has 2 heterocycles. The molecule has 0 radical (unpaired) electrons. The molecule has 31 heavy (non-hydrogen) atoms. The van der Waals surface area contributed by atoms with E-state index in [0.29, 0.717) is 30.2 Å². The van der Waals surface area contributed by atoms with Gasteiger partial charge in [0.1, 0.15) is 22.8 Å². The Bertz CT molecular complexity index is 1110. The molecule has 2 aromatic carbocycles. The van der Waals surface area contributed by atoms with Crippen LogP contribution < -0.4 is 15.0 Å². The lowest BCUT2D eigenvalue weighted by Gasteiger charge is -2.32. The SMILES string of the molecule is CCOC(=O)[C@@H]1CCC[NH+]([C@@H](C)C(=O)Nc2cc3oc4ccccc4c3cc2OC)C1. The molecule has 1 unspecified atom stereocenters. The highest BCUT2D eigenvalue weighted by atomic mass is 16.5. The lowest BCUT2D eigenvalue weighted by molar-refractivity contribution is -0.921. The molecule has 0 aliphatic carbocycles. The van der Waals surface area contributed by atoms with Crippen LogP contribution in [0.3, 0.4) is 0 Å². The number of amides is 1. The summed E-state index contributed by atoms with van der Waals surface area (Å²) in [6.45, 7) is 5.54. The predicted octanol–water partition coefficient (Wildman–Crippen LogP) is 2.78. The first kappa shape index (κ1) is 21.2. The number of carbonyl (C=O) groups excluding carboxylic acids is 2. The predicted molar refractivity (Wildman–Crippen MR) is 118 cm³/mol. The summed E-state index contributed by atoms with van der Waals surface area (Å²) < 4.78 is 16.7. The molecule has 1 aliphatic rings. The van der Waals surface area contributed by atoms with E-state index in [0.717, 1.165) is 40.6 Å². The summed E-state index contributed by atoms with van der Waals surface area (Å²) in [4.78, 5) is 26.3. The molecule has 1 fully saturated rings. The molecule has 1 amide bonds. The number of hydrogen-bond donors (Lipinski definition) is 2. The zero-order valence-electron chi connectivity index (χ0n) is 18.2. The van der Waals surface area contributed by atoms with E-state index in [1.165, 1.54) is 0 Å². The molecule has 0 spiro atoms. The van der Waals surface area contributed by atoms with Crippen molar-refractivity contribution in [3.05, 3.63) is 36.4 Å². The fourth-order valence-corrected chi connectivity index (χ4v) is 4.40. The third-order valence-electron chi connectivity index (χ3n) is 6.14. The van der Waals surface area contributed by atoms with Crippen LogP contribution >= 0.6 is 0 Å². The monoisotopic (exact) mass is 425 g/mol. The van der Waals surface area contributed by atoms with Gasteiger partial charge in [-0.2, -0.15) is 0 Å². The smallest absolute Gasteiger partial charge is 0.314 e. The van der Waals surface area contributed by atoms with E-state index in [4.69, 9.17) is 13.9 Å². The van der Waals surface area contributed by atoms with Gasteiger partial charge in [-0.3, -0.25) is 9.59 Å². The number of likely N-dealkylation sites (tertiary alicyclic amines) is 1. The van der Waals surface area contributed by atoms with E-state index >= 15 is 0 Å². The van der Waals surface area contributed by atoms with Crippen molar-refractivity contribution in [1.29, 1.82) is 0 Å². The second kappa shape index (κ2) is 8.98. The van der Waals surface area contributed by atoms with Crippen LogP contribution in [0.25, 0.3) is 21.9 Å². The third kappa shape index (κ3) is 4.23. The van der Waals surface area contributed by atoms with Gasteiger partial charge in [-0.25, -0.2) is 0 Å². The van der Waals surface area contributed by atoms with E-state index in [1.54, 1.807) is 7.11 Å². The van der Waals surface area contributed by atoms with Crippen LogP contribution in [0.1, 0.15) is 26.7 Å². The molecule has 1 saturated heterocycles. The van der Waals surface area contributed by atoms with E-state index in [-0.39, 0.29) is 23.8 Å². The molecule has 2 N–H and O–H groups in total. The number of methoxy groups -OCH3 is 1. The van der Waals surface area contributed by atoms with Gasteiger partial charge in [-0.05, 0) is 38.8 Å². The van der Waals surface area contributed by atoms with Crippen molar-refractivity contribution in [3.8, 4) is 5.75 Å². The summed E-state index contributed by atoms with van der Waals surface area (Å²) >= 11 is 0. The standard InChI is InChI=1S/C24H28N2O5/c1-4-30-24(28)16-8-7-11-26(14-16)15(2)23(27)25-19-13-21-18(12-22(19)29-3)17-9-5-6-10-20(17)31-21/h5-6,9-10,12-13,15-16H,4,7-8,11,14H2,1-3H3,(H,25,27)/p+1/t15-,16+/m0/s1. The number of fused-ring (bicyclic) bond motifs is 3. The third-order valence-corrected chi connectivity index (χ3v) is 6.14. The van der Waals surface area contributed by atoms with Crippen molar-refractivity contribution < 1.29 is 28.4 Å². The quantitative estimate of drug-likeness (QED) is 0.594. The molecule has 4 rings (SSSR count). The molecule has 0 saturated carbocycles. The Balaban J connectivity index is 1.53. The van der Waals surface area contributed by atoms with E-state index in [2.05, 4.69) is 5.32 Å². The highest BCUT2D eigenvalue weighted by Crippen LogP contribution is 2.36. The Morgan fingerprint density at radius 1 is 1.23 bits per heavy atom. The molecule has 7 heteroatoms. The highest BCUT2D eigenvalue weighted by molar-refractivity contribution is 6.08. The van der Waals surface area contributed by atoms with Crippen molar-refractivity contribution in [2.45, 2.75) is 32.7 Å². The summed E-state index contributed by atoms with van der Waals surface area (Å²) in [5.41, 5.74) is 2.06. The minimum atomic E-state index is -0.312. The van der Waals surface area contributed by atoms with Gasteiger partial charge in [0, 0.05) is 16.8 Å². The largest absolute Gasteiger partial charge is 0.495 e. The molecule has 1 aromatic heterocycles. The van der Waals surface area contributed by atoms with Gasteiger partial charge < -0.3 is 24.1 Å². The van der Waals surface area contributed by atoms with E-state index < -0.39 is 0 Å². The maximum atomic E-state index is 13.1. The Labute approximate surface area is 181 Å². The van der Waals surface area contributed by atoms with Gasteiger partial charge in [0.15, 0.2) is 6.04 Å². The molecule has 3 aromatic rings. The van der Waals surface area contributed by atoms with Gasteiger partial charge >= 0.3 is 5.97 Å². The van der Waals surface area contributed by atoms with Crippen LogP contribution in [0.2, 0.25) is 0 Å². The Kier molecular flexibility index (Phi) is 6.13. The number of furan rings is 1. The molecule has 3 atom stereocenters. The zero-order valence-corrected chi connectivity index (χ0v) is 18.2. The van der Waals surface area contributed by atoms with Crippen LogP contribution in [0.15, 0.2) is 40.8 Å². The average Bonchev–Trinajstić information content (AvgIpc) is 3.15. The van der Waals surface area contributed by atoms with Gasteiger partial charge in [0.05, 0.1) is 32.5 Å². The maximum Gasteiger partial charge on any atom is 0.314 e. The molecule has 0 bridgehead atoms. The van der Waals surface area contributed by atoms with E-state index in [9.17, 15) is 9.59 Å². The molecule has 164 valence electrons. The number of esters is 1. The van der Waals surface area contributed by atoms with Crippen molar-refractivity contribution >= 4 is 39.5 Å². The zero-order chi connectivity index (χ0) is 22.0. The van der Waals surface area contributed by atoms with Gasteiger partial charge in [-0.1, -0.05) is 18.2 Å². The fourth-order valence-electron chi connectivity index (χ4n) is 4.40. The number of carbonyl (C=O) groups is 2. The summed E-state index contributed by atoms with van der Waals surface area (Å²) in [5, 5.41) is 4.95. The van der Waals surface area contributed by atoms with E-state index in [1.807, 2.05) is 50.2 Å². The van der Waals surface area contributed by atoms with Crippen LogP contribution in [0.5, 0.6) is 5.75 Å². The van der Waals surface area contributed by atoms with Crippen molar-refractivity contribution in [1.82, 2.24) is 0 Å². The number of rotatable bonds is 6. The molecular formula is C24H29N2O5+. The minimum absolute atomic E-state index is 0.117. The van der Waals surface area contributed by atoms with Crippen LogP contribution in [0.4, 0.5) is 5.69 Å². The molecule has 1 aliphatic heterocycles. The second-order valence-corrected chi connectivity index (χ2v) is 8.06. The number of ether oxygens (including phenoxy) is 2. The number of quaternary nitrogens is 1. The van der Waals surface area contributed by atoms with Crippen molar-refractivity contribution in [3.63, 3.8) is 0 Å². The number of piperidine rings is 1. The number of hydrogen-bond acceptors (Lipinski definition) is 5. The minimum Gasteiger partial charge on any atom is -0.495 e. The van der Waals surface area contributed by atoms with Crippen molar-refractivity contribution in [2.75, 3.05) is 32.1 Å². The topological polar surface area (TPSA) is 82.2 Å². The van der Waals surface area contributed by atoms with Crippen molar-refractivity contribution in [2.24, 2.45) is 5.92 Å². The highest BCUT2D eigenvalue weighted by Gasteiger charge is 2.35. The van der Waals surface area contributed by atoms with Crippen LogP contribution in [0, 0.1) is 5.92 Å². The summed E-state index contributed by atoms with van der Waals surface area (Å²) in [5.74, 6) is 0.149. The first-order chi connectivity index (χ1) is 15.0.